The summed E-state index contributed by atoms with van der Waals surface area (Å²) < 4.78 is 23.0. The van der Waals surface area contributed by atoms with Gasteiger partial charge in [-0.05, 0) is 57.6 Å². The standard InChI is InChI=1S/C33H50O9/c1-6-7-13-23(3)19-25-15-11-9-8-10-14-22(2)18-24(4)27(39-5)17-12-16-26(20-29(35)40-25)41-33-32(38)31(37)30(36)28(21-34)42-33/h6-12,16,18-19,22,25-28,30-34,36-38H,13-15,17,20-21H2,1-5H3/b7-6+,10-8+,11-9-,16-12-,23-19+,24-18-/t22?,25?,26?,27?,28-,30-,31+,32-,33-/m1/s1. The van der Waals surface area contributed by atoms with Gasteiger partial charge in [0.05, 0.1) is 25.2 Å². The molecule has 2 rings (SSSR count). The van der Waals surface area contributed by atoms with Gasteiger partial charge in [-0.15, -0.1) is 0 Å². The molecule has 1 saturated heterocycles. The van der Waals surface area contributed by atoms with Crippen LogP contribution in [0.2, 0.25) is 0 Å². The molecule has 0 bridgehead atoms. The Morgan fingerprint density at radius 1 is 1.07 bits per heavy atom. The Hall–Kier alpha value is -2.37. The average Bonchev–Trinajstić information content (AvgIpc) is 2.95. The molecule has 236 valence electrons. The zero-order valence-electron chi connectivity index (χ0n) is 25.5. The summed E-state index contributed by atoms with van der Waals surface area (Å²) in [5.74, 6) is -0.212. The molecule has 0 aliphatic carbocycles. The van der Waals surface area contributed by atoms with E-state index in [1.54, 1.807) is 13.2 Å². The molecule has 2 aliphatic heterocycles. The Bertz CT molecular complexity index is 993. The highest BCUT2D eigenvalue weighted by molar-refractivity contribution is 5.70. The molecule has 0 aromatic rings. The summed E-state index contributed by atoms with van der Waals surface area (Å²) in [5.41, 5.74) is 2.14. The van der Waals surface area contributed by atoms with Crippen molar-refractivity contribution in [2.24, 2.45) is 5.92 Å². The first-order chi connectivity index (χ1) is 20.1. The molecular weight excluding hydrogens is 540 g/mol. The number of allylic oxidation sites excluding steroid dienone is 7. The quantitative estimate of drug-likeness (QED) is 0.258. The molecule has 4 N–H and O–H groups in total. The van der Waals surface area contributed by atoms with E-state index in [4.69, 9.17) is 18.9 Å². The maximum atomic E-state index is 13.2. The number of esters is 1. The molecule has 42 heavy (non-hydrogen) atoms. The molecule has 0 amide bonds. The summed E-state index contributed by atoms with van der Waals surface area (Å²) in [5, 5.41) is 40.4. The monoisotopic (exact) mass is 590 g/mol. The maximum absolute atomic E-state index is 13.2. The van der Waals surface area contributed by atoms with Crippen molar-refractivity contribution < 1.29 is 44.2 Å². The first kappa shape index (κ1) is 35.8. The van der Waals surface area contributed by atoms with Gasteiger partial charge < -0.3 is 39.4 Å². The fourth-order valence-corrected chi connectivity index (χ4v) is 4.84. The number of aliphatic hydroxyl groups excluding tert-OH is 4. The van der Waals surface area contributed by atoms with Crippen LogP contribution < -0.4 is 0 Å². The Morgan fingerprint density at radius 3 is 2.45 bits per heavy atom. The Labute approximate surface area is 250 Å². The third kappa shape index (κ3) is 12.1. The van der Waals surface area contributed by atoms with E-state index in [1.807, 2.05) is 63.3 Å². The highest BCUT2D eigenvalue weighted by atomic mass is 16.7. The Kier molecular flexibility index (Phi) is 16.2. The third-order valence-corrected chi connectivity index (χ3v) is 7.25. The van der Waals surface area contributed by atoms with Gasteiger partial charge in [0.2, 0.25) is 0 Å². The maximum Gasteiger partial charge on any atom is 0.309 e. The number of carbonyl (C=O) groups is 1. The lowest BCUT2D eigenvalue weighted by Gasteiger charge is -2.40. The van der Waals surface area contributed by atoms with Crippen molar-refractivity contribution in [1.82, 2.24) is 0 Å². The molecule has 0 aromatic heterocycles. The minimum absolute atomic E-state index is 0.194. The van der Waals surface area contributed by atoms with Crippen molar-refractivity contribution in [3.63, 3.8) is 0 Å². The topological polar surface area (TPSA) is 135 Å². The lowest BCUT2D eigenvalue weighted by Crippen LogP contribution is -2.59. The first-order valence-corrected chi connectivity index (χ1v) is 14.7. The molecule has 4 unspecified atom stereocenters. The van der Waals surface area contributed by atoms with Crippen molar-refractivity contribution in [3.8, 4) is 0 Å². The van der Waals surface area contributed by atoms with Gasteiger partial charge in [0.1, 0.15) is 30.5 Å². The molecule has 0 spiro atoms. The molecule has 9 heteroatoms. The number of cyclic esters (lactones) is 1. The van der Waals surface area contributed by atoms with Gasteiger partial charge in [-0.3, -0.25) is 4.79 Å². The van der Waals surface area contributed by atoms with Crippen LogP contribution in [-0.4, -0.2) is 89.1 Å². The minimum atomic E-state index is -1.60. The first-order valence-electron chi connectivity index (χ1n) is 14.7. The van der Waals surface area contributed by atoms with Crippen LogP contribution in [0.1, 0.15) is 59.8 Å². The van der Waals surface area contributed by atoms with E-state index in [0.29, 0.717) is 18.8 Å². The number of hydrogen-bond acceptors (Lipinski definition) is 9. The number of methoxy groups -OCH3 is 1. The van der Waals surface area contributed by atoms with Gasteiger partial charge in [-0.1, -0.05) is 67.2 Å². The second kappa shape index (κ2) is 19.0. The molecule has 0 saturated carbocycles. The van der Waals surface area contributed by atoms with Crippen molar-refractivity contribution in [2.75, 3.05) is 13.7 Å². The summed E-state index contributed by atoms with van der Waals surface area (Å²) >= 11 is 0. The van der Waals surface area contributed by atoms with Crippen LogP contribution in [0.3, 0.4) is 0 Å². The molecule has 9 atom stereocenters. The lowest BCUT2D eigenvalue weighted by molar-refractivity contribution is -0.307. The highest BCUT2D eigenvalue weighted by Crippen LogP contribution is 2.25. The molecule has 1 fully saturated rings. The fourth-order valence-electron chi connectivity index (χ4n) is 4.84. The number of aliphatic hydroxyl groups is 4. The molecule has 2 aliphatic rings. The second-order valence-corrected chi connectivity index (χ2v) is 11.0. The van der Waals surface area contributed by atoms with E-state index in [2.05, 4.69) is 19.1 Å². The number of rotatable bonds is 7. The lowest BCUT2D eigenvalue weighted by atomic mass is 9.99. The Balaban J connectivity index is 2.36. The van der Waals surface area contributed by atoms with E-state index in [9.17, 15) is 25.2 Å². The van der Waals surface area contributed by atoms with E-state index in [0.717, 1.165) is 24.0 Å². The summed E-state index contributed by atoms with van der Waals surface area (Å²) in [6.45, 7) is 7.52. The molecule has 2 heterocycles. The highest BCUT2D eigenvalue weighted by Gasteiger charge is 2.44. The molecule has 0 radical (unpaired) electrons. The average molecular weight is 591 g/mol. The van der Waals surface area contributed by atoms with Gasteiger partial charge in [-0.25, -0.2) is 0 Å². The zero-order chi connectivity index (χ0) is 31.1. The van der Waals surface area contributed by atoms with Crippen LogP contribution >= 0.6 is 0 Å². The normalized spacial score (nSPS) is 38.1. The SMILES string of the molecule is C/C=C/C/C(C)=C/C1C/C=C\C=C\CC(C)/C=C(/C)C(OC)C/C=C\C(O[C@@H]2O[C@H](CO)[C@@H](O)[C@H](O)[C@H]2O)CC(=O)O1. The smallest absolute Gasteiger partial charge is 0.309 e. The fraction of sp³-hybridized carbons (Fsp3) is 0.606. The van der Waals surface area contributed by atoms with Crippen LogP contribution in [0.25, 0.3) is 0 Å². The van der Waals surface area contributed by atoms with Crippen LogP contribution in [-0.2, 0) is 23.7 Å². The summed E-state index contributed by atoms with van der Waals surface area (Å²) in [7, 11) is 1.64. The number of hydrogen-bond donors (Lipinski definition) is 4. The van der Waals surface area contributed by atoms with Gasteiger partial charge in [0.15, 0.2) is 6.29 Å². The van der Waals surface area contributed by atoms with Crippen molar-refractivity contribution in [3.05, 3.63) is 71.9 Å². The van der Waals surface area contributed by atoms with Gasteiger partial charge in [0, 0.05) is 13.5 Å². The van der Waals surface area contributed by atoms with Crippen molar-refractivity contribution in [2.45, 2.75) is 109 Å². The third-order valence-electron chi connectivity index (χ3n) is 7.25. The predicted molar refractivity (Wildman–Crippen MR) is 161 cm³/mol. The number of carbonyl (C=O) groups excluding carboxylic acids is 1. The van der Waals surface area contributed by atoms with E-state index < -0.39 is 55.5 Å². The second-order valence-electron chi connectivity index (χ2n) is 11.0. The largest absolute Gasteiger partial charge is 0.458 e. The van der Waals surface area contributed by atoms with Gasteiger partial charge in [-0.2, -0.15) is 0 Å². The van der Waals surface area contributed by atoms with E-state index >= 15 is 0 Å². The van der Waals surface area contributed by atoms with Gasteiger partial charge in [0.25, 0.3) is 0 Å². The van der Waals surface area contributed by atoms with Crippen molar-refractivity contribution >= 4 is 5.97 Å². The Morgan fingerprint density at radius 2 is 1.79 bits per heavy atom. The van der Waals surface area contributed by atoms with Crippen LogP contribution in [0, 0.1) is 5.92 Å². The molecule has 9 nitrogen and oxygen atoms in total. The molecule has 0 aromatic carbocycles. The summed E-state index contributed by atoms with van der Waals surface area (Å²) in [6.07, 6.45) is 13.3. The van der Waals surface area contributed by atoms with Crippen molar-refractivity contribution in [1.29, 1.82) is 0 Å². The van der Waals surface area contributed by atoms with Crippen LogP contribution in [0.5, 0.6) is 0 Å². The van der Waals surface area contributed by atoms with Crippen LogP contribution in [0.4, 0.5) is 0 Å². The summed E-state index contributed by atoms with van der Waals surface area (Å²) in [4.78, 5) is 13.2. The van der Waals surface area contributed by atoms with E-state index in [1.165, 1.54) is 0 Å². The zero-order valence-corrected chi connectivity index (χ0v) is 25.5. The minimum Gasteiger partial charge on any atom is -0.458 e. The van der Waals surface area contributed by atoms with Crippen LogP contribution in [0.15, 0.2) is 71.9 Å². The number of ether oxygens (including phenoxy) is 4. The van der Waals surface area contributed by atoms with E-state index in [-0.39, 0.29) is 12.5 Å². The predicted octanol–water partition coefficient (Wildman–Crippen LogP) is 3.84. The van der Waals surface area contributed by atoms with Gasteiger partial charge >= 0.3 is 5.97 Å². The molecular formula is C33H50O9. The summed E-state index contributed by atoms with van der Waals surface area (Å²) in [6, 6.07) is 0.